The average molecular weight is 237 g/mol. The molecular formula is C12H19N3O2. The molecule has 0 saturated carbocycles. The summed E-state index contributed by atoms with van der Waals surface area (Å²) in [6.45, 7) is 6.16. The molecule has 0 unspecified atom stereocenters. The maximum atomic E-state index is 11.8. The molecule has 0 radical (unpaired) electrons. The Balaban J connectivity index is 2.77. The molecule has 0 aliphatic rings. The van der Waals surface area contributed by atoms with Crippen molar-refractivity contribution in [3.63, 3.8) is 0 Å². The van der Waals surface area contributed by atoms with Crippen molar-refractivity contribution in [1.82, 2.24) is 4.98 Å². The maximum absolute atomic E-state index is 11.8. The Morgan fingerprint density at radius 3 is 2.88 bits per heavy atom. The molecule has 1 rings (SSSR count). The van der Waals surface area contributed by atoms with Crippen molar-refractivity contribution < 1.29 is 9.53 Å². The fourth-order valence-electron chi connectivity index (χ4n) is 1.26. The molecule has 94 valence electrons. The zero-order valence-corrected chi connectivity index (χ0v) is 10.4. The summed E-state index contributed by atoms with van der Waals surface area (Å²) in [5, 5.41) is 2.72. The SMILES string of the molecule is CCOc1ncccc1NC(=O)[C@H](N)C(C)C. The third-order valence-corrected chi connectivity index (χ3v) is 2.33. The lowest BCUT2D eigenvalue weighted by molar-refractivity contribution is -0.118. The van der Waals surface area contributed by atoms with Crippen LogP contribution >= 0.6 is 0 Å². The average Bonchev–Trinajstić information content (AvgIpc) is 2.30. The molecule has 17 heavy (non-hydrogen) atoms. The van der Waals surface area contributed by atoms with E-state index in [1.165, 1.54) is 0 Å². The van der Waals surface area contributed by atoms with E-state index in [0.29, 0.717) is 18.2 Å². The minimum Gasteiger partial charge on any atom is -0.476 e. The molecule has 3 N–H and O–H groups in total. The standard InChI is InChI=1S/C12H19N3O2/c1-4-17-12-9(6-5-7-14-12)15-11(16)10(13)8(2)3/h5-8,10H,4,13H2,1-3H3,(H,15,16)/t10-/m1/s1. The molecule has 5 heteroatoms. The van der Waals surface area contributed by atoms with Crippen LogP contribution in [0.3, 0.4) is 0 Å². The summed E-state index contributed by atoms with van der Waals surface area (Å²) < 4.78 is 5.31. The van der Waals surface area contributed by atoms with Crippen LogP contribution < -0.4 is 15.8 Å². The summed E-state index contributed by atoms with van der Waals surface area (Å²) in [5.41, 5.74) is 6.31. The number of hydrogen-bond donors (Lipinski definition) is 2. The molecule has 0 saturated heterocycles. The predicted octanol–water partition coefficient (Wildman–Crippen LogP) is 1.40. The van der Waals surface area contributed by atoms with E-state index in [4.69, 9.17) is 10.5 Å². The molecule has 0 aliphatic carbocycles. The van der Waals surface area contributed by atoms with Crippen LogP contribution in [0, 0.1) is 5.92 Å². The molecule has 0 bridgehead atoms. The third-order valence-electron chi connectivity index (χ3n) is 2.33. The molecule has 0 aromatic carbocycles. The summed E-state index contributed by atoms with van der Waals surface area (Å²) in [5.74, 6) is 0.274. The first-order valence-corrected chi connectivity index (χ1v) is 5.70. The van der Waals surface area contributed by atoms with Gasteiger partial charge in [-0.1, -0.05) is 13.8 Å². The molecule has 1 heterocycles. The fourth-order valence-corrected chi connectivity index (χ4v) is 1.26. The minimum absolute atomic E-state index is 0.0854. The van der Waals surface area contributed by atoms with Crippen molar-refractivity contribution in [2.75, 3.05) is 11.9 Å². The van der Waals surface area contributed by atoms with Crippen LogP contribution in [-0.2, 0) is 4.79 Å². The largest absolute Gasteiger partial charge is 0.476 e. The van der Waals surface area contributed by atoms with E-state index in [2.05, 4.69) is 10.3 Å². The second-order valence-electron chi connectivity index (χ2n) is 4.05. The van der Waals surface area contributed by atoms with Gasteiger partial charge in [0, 0.05) is 6.20 Å². The van der Waals surface area contributed by atoms with E-state index in [1.54, 1.807) is 18.3 Å². The molecule has 5 nitrogen and oxygen atoms in total. The fraction of sp³-hybridized carbons (Fsp3) is 0.500. The molecule has 1 aromatic rings. The number of hydrogen-bond acceptors (Lipinski definition) is 4. The van der Waals surface area contributed by atoms with E-state index >= 15 is 0 Å². The van der Waals surface area contributed by atoms with Gasteiger partial charge >= 0.3 is 0 Å². The quantitative estimate of drug-likeness (QED) is 0.811. The Kier molecular flexibility index (Phi) is 4.90. The first-order chi connectivity index (χ1) is 8.06. The van der Waals surface area contributed by atoms with Crippen molar-refractivity contribution >= 4 is 11.6 Å². The number of pyridine rings is 1. The van der Waals surface area contributed by atoms with Crippen LogP contribution in [0.15, 0.2) is 18.3 Å². The highest BCUT2D eigenvalue weighted by Crippen LogP contribution is 2.20. The van der Waals surface area contributed by atoms with Crippen molar-refractivity contribution in [2.45, 2.75) is 26.8 Å². The van der Waals surface area contributed by atoms with Gasteiger partial charge in [-0.25, -0.2) is 4.98 Å². The number of carbonyl (C=O) groups excluding carboxylic acids is 1. The highest BCUT2D eigenvalue weighted by Gasteiger charge is 2.18. The second kappa shape index (κ2) is 6.20. The van der Waals surface area contributed by atoms with Gasteiger partial charge in [-0.3, -0.25) is 4.79 Å². The Hall–Kier alpha value is -1.62. The van der Waals surface area contributed by atoms with Crippen LogP contribution in [0.4, 0.5) is 5.69 Å². The van der Waals surface area contributed by atoms with Gasteiger partial charge < -0.3 is 15.8 Å². The number of rotatable bonds is 5. The lowest BCUT2D eigenvalue weighted by Crippen LogP contribution is -2.39. The Bertz CT molecular complexity index is 380. The Labute approximate surface area is 101 Å². The van der Waals surface area contributed by atoms with E-state index in [9.17, 15) is 4.79 Å². The van der Waals surface area contributed by atoms with Gasteiger partial charge in [-0.2, -0.15) is 0 Å². The lowest BCUT2D eigenvalue weighted by atomic mass is 10.1. The lowest BCUT2D eigenvalue weighted by Gasteiger charge is -2.16. The van der Waals surface area contributed by atoms with Gasteiger partial charge in [0.2, 0.25) is 11.8 Å². The normalized spacial score (nSPS) is 12.3. The third kappa shape index (κ3) is 3.71. The summed E-state index contributed by atoms with van der Waals surface area (Å²) in [6.07, 6.45) is 1.61. The monoisotopic (exact) mass is 237 g/mol. The summed E-state index contributed by atoms with van der Waals surface area (Å²) >= 11 is 0. The number of aromatic nitrogens is 1. The van der Waals surface area contributed by atoms with E-state index in [0.717, 1.165) is 0 Å². The number of nitrogens with two attached hydrogens (primary N) is 1. The van der Waals surface area contributed by atoms with Crippen LogP contribution in [-0.4, -0.2) is 23.5 Å². The molecular weight excluding hydrogens is 218 g/mol. The topological polar surface area (TPSA) is 77.2 Å². The van der Waals surface area contributed by atoms with E-state index in [1.807, 2.05) is 20.8 Å². The van der Waals surface area contributed by atoms with Gasteiger partial charge in [0.15, 0.2) is 0 Å². The molecule has 1 atom stereocenters. The minimum atomic E-state index is -0.537. The zero-order chi connectivity index (χ0) is 12.8. The molecule has 0 aliphatic heterocycles. The van der Waals surface area contributed by atoms with Crippen LogP contribution in [0.1, 0.15) is 20.8 Å². The van der Waals surface area contributed by atoms with Gasteiger partial charge in [0.05, 0.1) is 12.6 Å². The van der Waals surface area contributed by atoms with Crippen molar-refractivity contribution in [3.8, 4) is 5.88 Å². The molecule has 1 aromatic heterocycles. The molecule has 0 fully saturated rings. The van der Waals surface area contributed by atoms with Gasteiger partial charge in [-0.15, -0.1) is 0 Å². The first-order valence-electron chi connectivity index (χ1n) is 5.70. The van der Waals surface area contributed by atoms with E-state index < -0.39 is 6.04 Å². The summed E-state index contributed by atoms with van der Waals surface area (Å²) in [4.78, 5) is 15.8. The highest BCUT2D eigenvalue weighted by atomic mass is 16.5. The Morgan fingerprint density at radius 1 is 1.59 bits per heavy atom. The van der Waals surface area contributed by atoms with Gasteiger partial charge in [0.1, 0.15) is 5.69 Å². The number of anilines is 1. The predicted molar refractivity (Wildman–Crippen MR) is 66.8 cm³/mol. The van der Waals surface area contributed by atoms with Gasteiger partial charge in [0.25, 0.3) is 0 Å². The smallest absolute Gasteiger partial charge is 0.241 e. The number of carbonyl (C=O) groups is 1. The van der Waals surface area contributed by atoms with Gasteiger partial charge in [-0.05, 0) is 25.0 Å². The number of amides is 1. The van der Waals surface area contributed by atoms with Crippen LogP contribution in [0.5, 0.6) is 5.88 Å². The maximum Gasteiger partial charge on any atom is 0.241 e. The van der Waals surface area contributed by atoms with Crippen LogP contribution in [0.2, 0.25) is 0 Å². The summed E-state index contributed by atoms with van der Waals surface area (Å²) in [7, 11) is 0. The summed E-state index contributed by atoms with van der Waals surface area (Å²) in [6, 6.07) is 2.94. The van der Waals surface area contributed by atoms with E-state index in [-0.39, 0.29) is 11.8 Å². The van der Waals surface area contributed by atoms with Crippen LogP contribution in [0.25, 0.3) is 0 Å². The van der Waals surface area contributed by atoms with Crippen molar-refractivity contribution in [3.05, 3.63) is 18.3 Å². The second-order valence-corrected chi connectivity index (χ2v) is 4.05. The zero-order valence-electron chi connectivity index (χ0n) is 10.4. The number of ether oxygens (including phenoxy) is 1. The highest BCUT2D eigenvalue weighted by molar-refractivity contribution is 5.95. The van der Waals surface area contributed by atoms with Crippen molar-refractivity contribution in [2.24, 2.45) is 11.7 Å². The van der Waals surface area contributed by atoms with Crippen molar-refractivity contribution in [1.29, 1.82) is 0 Å². The molecule has 0 spiro atoms. The molecule has 1 amide bonds. The first kappa shape index (κ1) is 13.4. The Morgan fingerprint density at radius 2 is 2.29 bits per heavy atom. The number of nitrogens with one attached hydrogen (secondary N) is 1. The number of nitrogens with zero attached hydrogens (tertiary/aromatic N) is 1.